The minimum Gasteiger partial charge on any atom is -0.368 e. The number of aryl methyl sites for hydroxylation is 2. The number of halogens is 2. The van der Waals surface area contributed by atoms with Crippen molar-refractivity contribution in [2.75, 3.05) is 43.5 Å². The smallest absolute Gasteiger partial charge is 0.251 e. The summed E-state index contributed by atoms with van der Waals surface area (Å²) in [7, 11) is 0. The molecule has 4 heterocycles. The Hall–Kier alpha value is -3.62. The first-order valence-corrected chi connectivity index (χ1v) is 17.7. The number of hydrogen-bond donors (Lipinski definition) is 0. The first kappa shape index (κ1) is 34.7. The van der Waals surface area contributed by atoms with E-state index in [1.54, 1.807) is 12.1 Å². The molecule has 1 aliphatic rings. The quantitative estimate of drug-likeness (QED) is 0.107. The van der Waals surface area contributed by atoms with E-state index in [1.165, 1.54) is 15.8 Å². The molecule has 0 aliphatic carbocycles. The number of anilines is 1. The second-order valence-electron chi connectivity index (χ2n) is 11.8. The molecule has 246 valence electrons. The van der Waals surface area contributed by atoms with Crippen molar-refractivity contribution in [2.24, 2.45) is 0 Å². The lowest BCUT2D eigenvalue weighted by Gasteiger charge is -2.36. The largest absolute Gasteiger partial charge is 0.368 e. The molecule has 6 nitrogen and oxygen atoms in total. The number of para-hydroxylation sites is 2. The molecule has 0 bridgehead atoms. The maximum atomic E-state index is 12.3. The Morgan fingerprint density at radius 1 is 0.596 bits per heavy atom. The summed E-state index contributed by atoms with van der Waals surface area (Å²) in [6.45, 7) is 7.02. The number of aromatic nitrogens is 2. The van der Waals surface area contributed by atoms with Gasteiger partial charge in [0.1, 0.15) is 0 Å². The van der Waals surface area contributed by atoms with Gasteiger partial charge in [-0.3, -0.25) is 14.5 Å². The molecule has 1 aliphatic heterocycles. The van der Waals surface area contributed by atoms with Gasteiger partial charge in [0.15, 0.2) is 0 Å². The molecule has 47 heavy (non-hydrogen) atoms. The molecule has 0 N–H and O–H groups in total. The van der Waals surface area contributed by atoms with Gasteiger partial charge >= 0.3 is 0 Å². The van der Waals surface area contributed by atoms with Gasteiger partial charge in [-0.25, -0.2) is 0 Å². The maximum absolute atomic E-state index is 12.3. The second kappa shape index (κ2) is 17.0. The van der Waals surface area contributed by atoms with Crippen LogP contribution in [0.2, 0.25) is 0 Å². The van der Waals surface area contributed by atoms with Gasteiger partial charge in [0, 0.05) is 73.1 Å². The van der Waals surface area contributed by atoms with Crippen LogP contribution in [0.25, 0.3) is 31.9 Å². The first-order chi connectivity index (χ1) is 22.6. The van der Waals surface area contributed by atoms with Crippen LogP contribution in [0.5, 0.6) is 0 Å². The van der Waals surface area contributed by atoms with Gasteiger partial charge in [0.25, 0.3) is 11.1 Å². The Labute approximate surface area is 291 Å². The summed E-state index contributed by atoms with van der Waals surface area (Å²) in [4.78, 5) is 29.2. The predicted octanol–water partition coefficient (Wildman–Crippen LogP) is 8.26. The molecule has 7 rings (SSSR count). The third-order valence-electron chi connectivity index (χ3n) is 8.86. The van der Waals surface area contributed by atoms with E-state index in [9.17, 15) is 9.59 Å². The molecular weight excluding hydrogens is 647 g/mol. The molecule has 1 saturated heterocycles. The lowest BCUT2D eigenvalue weighted by molar-refractivity contribution is 0.251. The minimum absolute atomic E-state index is 0. The Morgan fingerprint density at radius 3 is 1.79 bits per heavy atom. The zero-order valence-corrected chi connectivity index (χ0v) is 29.0. The van der Waals surface area contributed by atoms with Gasteiger partial charge in [-0.05, 0) is 90.8 Å². The van der Waals surface area contributed by atoms with Crippen LogP contribution in [0.15, 0.2) is 112 Å². The second-order valence-corrected chi connectivity index (χ2v) is 13.1. The molecule has 3 aromatic carbocycles. The number of fused-ring (bicyclic) bond motifs is 3. The van der Waals surface area contributed by atoms with E-state index in [2.05, 4.69) is 45.5 Å². The zero-order chi connectivity index (χ0) is 31.7. The Balaban J connectivity index is 0.000000217. The number of rotatable bonds is 10. The number of benzene rings is 3. The van der Waals surface area contributed by atoms with Crippen molar-refractivity contribution in [1.29, 1.82) is 0 Å². The van der Waals surface area contributed by atoms with Crippen LogP contribution in [0.1, 0.15) is 25.7 Å². The van der Waals surface area contributed by atoms with E-state index in [1.807, 2.05) is 75.1 Å². The minimum atomic E-state index is 0. The van der Waals surface area contributed by atoms with E-state index in [-0.39, 0.29) is 23.5 Å². The van der Waals surface area contributed by atoms with Crippen molar-refractivity contribution < 1.29 is 0 Å². The van der Waals surface area contributed by atoms with Crippen LogP contribution in [-0.2, 0) is 13.1 Å². The number of thiophene rings is 1. The highest BCUT2D eigenvalue weighted by Gasteiger charge is 2.18. The molecule has 6 aromatic rings. The van der Waals surface area contributed by atoms with E-state index in [0.717, 1.165) is 93.3 Å². The van der Waals surface area contributed by atoms with Crippen molar-refractivity contribution in [3.63, 3.8) is 0 Å². The molecule has 9 heteroatoms. The van der Waals surface area contributed by atoms with Gasteiger partial charge in [0.2, 0.25) is 0 Å². The molecule has 0 spiro atoms. The molecule has 3 aromatic heterocycles. The van der Waals surface area contributed by atoms with Crippen molar-refractivity contribution in [3.05, 3.63) is 123 Å². The topological polar surface area (TPSA) is 50.5 Å². The number of pyridine rings is 2. The van der Waals surface area contributed by atoms with Gasteiger partial charge in [-0.15, -0.1) is 35.3 Å². The molecule has 1 fully saturated rings. The van der Waals surface area contributed by atoms with Gasteiger partial charge in [0.05, 0.1) is 11.0 Å². The third kappa shape index (κ3) is 8.46. The number of hydrogen-bond acceptors (Lipinski definition) is 5. The van der Waals surface area contributed by atoms with E-state index in [0.29, 0.717) is 5.88 Å². The monoisotopic (exact) mass is 688 g/mol. The number of alkyl halides is 1. The highest BCUT2D eigenvalue weighted by molar-refractivity contribution is 7.17. The van der Waals surface area contributed by atoms with Crippen molar-refractivity contribution in [1.82, 2.24) is 14.0 Å². The lowest BCUT2D eigenvalue weighted by Crippen LogP contribution is -2.46. The summed E-state index contributed by atoms with van der Waals surface area (Å²) in [5, 5.41) is 5.81. The Kier molecular flexibility index (Phi) is 12.5. The van der Waals surface area contributed by atoms with Gasteiger partial charge in [-0.2, -0.15) is 0 Å². The lowest BCUT2D eigenvalue weighted by atomic mass is 10.1. The average Bonchev–Trinajstić information content (AvgIpc) is 3.59. The number of piperazine rings is 1. The van der Waals surface area contributed by atoms with Gasteiger partial charge in [-0.1, -0.05) is 42.5 Å². The summed E-state index contributed by atoms with van der Waals surface area (Å²) >= 11 is 7.46. The Bertz CT molecular complexity index is 2010. The van der Waals surface area contributed by atoms with Crippen LogP contribution in [-0.4, -0.2) is 52.6 Å². The fraction of sp³-hybridized carbons (Fsp3) is 0.316. The standard InChI is InChI=1S/C25H27N3OS.C13H14ClNO.ClH/c29-25-11-10-20-6-1-2-7-22(20)28(25)14-4-3-13-26-15-17-27(18-16-26)23-8-5-9-24-21(23)12-19-30-24;14-9-3-4-10-15-12-6-2-1-5-11(12)7-8-13(15)16;/h1-2,5-12,19H,3-4,13-18H2;1-2,5-8H,3-4,9-10H2;1H. The average molecular weight is 690 g/mol. The van der Waals surface area contributed by atoms with E-state index >= 15 is 0 Å². The van der Waals surface area contributed by atoms with Crippen LogP contribution in [0, 0.1) is 0 Å². The summed E-state index contributed by atoms with van der Waals surface area (Å²) in [5.74, 6) is 0.652. The van der Waals surface area contributed by atoms with Crippen LogP contribution in [0.4, 0.5) is 5.69 Å². The van der Waals surface area contributed by atoms with Crippen molar-refractivity contribution >= 4 is 72.9 Å². The number of nitrogens with zero attached hydrogens (tertiary/aromatic N) is 4. The third-order valence-corrected chi connectivity index (χ3v) is 10.0. The summed E-state index contributed by atoms with van der Waals surface area (Å²) in [5.41, 5.74) is 3.59. The first-order valence-electron chi connectivity index (χ1n) is 16.3. The maximum Gasteiger partial charge on any atom is 0.251 e. The molecule has 0 saturated carbocycles. The van der Waals surface area contributed by atoms with E-state index < -0.39 is 0 Å². The SMILES string of the molecule is Cl.O=c1ccc2ccccc2n1CCCCCl.O=c1ccc2ccccc2n1CCCCN1CCN(c2cccc3sccc23)CC1. The van der Waals surface area contributed by atoms with Crippen LogP contribution < -0.4 is 16.0 Å². The fourth-order valence-electron chi connectivity index (χ4n) is 6.39. The molecule has 0 radical (unpaired) electrons. The van der Waals surface area contributed by atoms with E-state index in [4.69, 9.17) is 11.6 Å². The fourth-order valence-corrected chi connectivity index (χ4v) is 7.38. The summed E-state index contributed by atoms with van der Waals surface area (Å²) < 4.78 is 5.12. The molecular formula is C38H42Cl2N4O2S. The Morgan fingerprint density at radius 2 is 1.17 bits per heavy atom. The summed E-state index contributed by atoms with van der Waals surface area (Å²) in [6.07, 6.45) is 4.03. The van der Waals surface area contributed by atoms with Crippen molar-refractivity contribution in [2.45, 2.75) is 38.8 Å². The highest BCUT2D eigenvalue weighted by Crippen LogP contribution is 2.31. The van der Waals surface area contributed by atoms with Crippen LogP contribution in [0.3, 0.4) is 0 Å². The molecule has 0 atom stereocenters. The van der Waals surface area contributed by atoms with Gasteiger partial charge < -0.3 is 14.0 Å². The van der Waals surface area contributed by atoms with Crippen LogP contribution >= 0.6 is 35.3 Å². The zero-order valence-electron chi connectivity index (χ0n) is 26.6. The predicted molar refractivity (Wildman–Crippen MR) is 203 cm³/mol. The normalized spacial score (nSPS) is 13.4. The molecule has 0 amide bonds. The van der Waals surface area contributed by atoms with Crippen molar-refractivity contribution in [3.8, 4) is 0 Å². The molecule has 0 unspecified atom stereocenters. The highest BCUT2D eigenvalue weighted by atomic mass is 35.5. The summed E-state index contributed by atoms with van der Waals surface area (Å²) in [6, 6.07) is 32.1. The number of unbranched alkanes of at least 4 members (excludes halogenated alkanes) is 2.